The molecule has 0 radical (unpaired) electrons. The molecule has 1 saturated carbocycles. The molecule has 0 saturated heterocycles. The predicted molar refractivity (Wildman–Crippen MR) is 85.8 cm³/mol. The van der Waals surface area contributed by atoms with Crippen molar-refractivity contribution in [3.63, 3.8) is 0 Å². The smallest absolute Gasteiger partial charge is 0.307 e. The molecule has 6 heteroatoms. The molecule has 2 bridgehead atoms. The largest absolute Gasteiger partial charge is 0.481 e. The van der Waals surface area contributed by atoms with E-state index in [0.29, 0.717) is 5.69 Å². The van der Waals surface area contributed by atoms with Gasteiger partial charge < -0.3 is 10.4 Å². The van der Waals surface area contributed by atoms with Crippen molar-refractivity contribution < 1.29 is 14.7 Å². The number of allylic oxidation sites excluding steroid dienone is 2. The Bertz CT molecular complexity index is 644. The van der Waals surface area contributed by atoms with Crippen LogP contribution in [-0.2, 0) is 9.59 Å². The van der Waals surface area contributed by atoms with Gasteiger partial charge in [-0.25, -0.2) is 0 Å². The fraction of sp³-hybridized carbons (Fsp3) is 0.333. The number of carbonyl (C=O) groups is 2. The number of carboxylic acids is 1. The van der Waals surface area contributed by atoms with E-state index in [9.17, 15) is 14.7 Å². The first-order valence-electron chi connectivity index (χ1n) is 6.64. The first-order valence-corrected chi connectivity index (χ1v) is 8.23. The zero-order valence-corrected chi connectivity index (χ0v) is 14.1. The van der Waals surface area contributed by atoms with E-state index < -0.39 is 17.8 Å². The number of hydrogen-bond donors (Lipinski definition) is 2. The number of carbonyl (C=O) groups excluding carboxylic acids is 1. The van der Waals surface area contributed by atoms with Crippen molar-refractivity contribution in [2.45, 2.75) is 6.42 Å². The number of amides is 1. The van der Waals surface area contributed by atoms with E-state index in [2.05, 4.69) is 37.2 Å². The van der Waals surface area contributed by atoms with Crippen molar-refractivity contribution in [3.05, 3.63) is 39.3 Å². The number of anilines is 1. The number of fused-ring (bicyclic) bond motifs is 2. The average molecular weight is 415 g/mol. The Morgan fingerprint density at radius 3 is 2.48 bits per heavy atom. The number of aliphatic carboxylic acids is 1. The molecule has 2 unspecified atom stereocenters. The van der Waals surface area contributed by atoms with Gasteiger partial charge in [0.05, 0.1) is 17.5 Å². The first-order chi connectivity index (χ1) is 9.97. The zero-order valence-electron chi connectivity index (χ0n) is 10.9. The predicted octanol–water partition coefficient (Wildman–Crippen LogP) is 3.67. The molecule has 2 aliphatic carbocycles. The van der Waals surface area contributed by atoms with Gasteiger partial charge in [0, 0.05) is 8.95 Å². The summed E-state index contributed by atoms with van der Waals surface area (Å²) >= 11 is 6.75. The second-order valence-electron chi connectivity index (χ2n) is 5.45. The second-order valence-corrected chi connectivity index (χ2v) is 7.22. The van der Waals surface area contributed by atoms with Gasteiger partial charge in [0.25, 0.3) is 0 Å². The minimum Gasteiger partial charge on any atom is -0.481 e. The van der Waals surface area contributed by atoms with E-state index >= 15 is 0 Å². The standard InChI is InChI=1S/C15H13Br2NO3/c16-9-3-4-10(17)11(6-9)18-14(19)12-7-1-2-8(5-7)13(12)15(20)21/h1-4,6-8,12-13H,5H2,(H,18,19)(H,20,21)/t7?,8?,12-,13+/m0/s1. The van der Waals surface area contributed by atoms with Crippen molar-refractivity contribution in [1.29, 1.82) is 0 Å². The molecule has 21 heavy (non-hydrogen) atoms. The number of halogens is 2. The molecule has 110 valence electrons. The third-order valence-corrected chi connectivity index (χ3v) is 5.42. The highest BCUT2D eigenvalue weighted by molar-refractivity contribution is 9.11. The Hall–Kier alpha value is -1.14. The third kappa shape index (κ3) is 2.66. The molecule has 1 amide bonds. The molecule has 2 N–H and O–H groups in total. The van der Waals surface area contributed by atoms with E-state index in [1.165, 1.54) is 0 Å². The van der Waals surface area contributed by atoms with Crippen molar-refractivity contribution in [3.8, 4) is 0 Å². The van der Waals surface area contributed by atoms with Gasteiger partial charge in [-0.1, -0.05) is 28.1 Å². The van der Waals surface area contributed by atoms with Crippen molar-refractivity contribution in [1.82, 2.24) is 0 Å². The molecule has 0 heterocycles. The fourth-order valence-electron chi connectivity index (χ4n) is 3.33. The summed E-state index contributed by atoms with van der Waals surface area (Å²) in [5.41, 5.74) is 0.644. The van der Waals surface area contributed by atoms with E-state index in [-0.39, 0.29) is 17.7 Å². The highest BCUT2D eigenvalue weighted by Gasteiger charge is 2.51. The van der Waals surface area contributed by atoms with E-state index in [1.807, 2.05) is 24.3 Å². The van der Waals surface area contributed by atoms with Crippen LogP contribution in [0.1, 0.15) is 6.42 Å². The molecule has 2 aliphatic rings. The Morgan fingerprint density at radius 1 is 1.14 bits per heavy atom. The third-order valence-electron chi connectivity index (χ3n) is 4.23. The maximum absolute atomic E-state index is 12.5. The molecule has 4 atom stereocenters. The highest BCUT2D eigenvalue weighted by atomic mass is 79.9. The van der Waals surface area contributed by atoms with Crippen molar-refractivity contribution in [2.75, 3.05) is 5.32 Å². The van der Waals surface area contributed by atoms with Crippen LogP contribution in [0.2, 0.25) is 0 Å². The van der Waals surface area contributed by atoms with Crippen LogP contribution in [0.15, 0.2) is 39.3 Å². The van der Waals surface area contributed by atoms with Crippen LogP contribution in [0.4, 0.5) is 5.69 Å². The van der Waals surface area contributed by atoms with Crippen LogP contribution in [0.25, 0.3) is 0 Å². The van der Waals surface area contributed by atoms with Crippen molar-refractivity contribution >= 4 is 49.4 Å². The lowest BCUT2D eigenvalue weighted by atomic mass is 9.82. The van der Waals surface area contributed by atoms with Gasteiger partial charge in [0.2, 0.25) is 5.91 Å². The summed E-state index contributed by atoms with van der Waals surface area (Å²) in [6.07, 6.45) is 4.67. The molecule has 0 spiro atoms. The van der Waals surface area contributed by atoms with E-state index in [1.54, 1.807) is 6.07 Å². The van der Waals surface area contributed by atoms with Gasteiger partial charge in [0.15, 0.2) is 0 Å². The molecule has 0 aromatic heterocycles. The molecule has 1 aromatic carbocycles. The van der Waals surface area contributed by atoms with Crippen LogP contribution in [-0.4, -0.2) is 17.0 Å². The van der Waals surface area contributed by atoms with Gasteiger partial charge in [-0.05, 0) is 52.4 Å². The topological polar surface area (TPSA) is 66.4 Å². The lowest BCUT2D eigenvalue weighted by Gasteiger charge is -2.24. The van der Waals surface area contributed by atoms with Gasteiger partial charge in [-0.3, -0.25) is 9.59 Å². The number of benzene rings is 1. The van der Waals surface area contributed by atoms with Crippen molar-refractivity contribution in [2.24, 2.45) is 23.7 Å². The summed E-state index contributed by atoms with van der Waals surface area (Å²) < 4.78 is 1.62. The van der Waals surface area contributed by atoms with E-state index in [0.717, 1.165) is 15.4 Å². The summed E-state index contributed by atoms with van der Waals surface area (Å²) in [4.78, 5) is 24.0. The van der Waals surface area contributed by atoms with E-state index in [4.69, 9.17) is 0 Å². The zero-order chi connectivity index (χ0) is 15.1. The Kier molecular flexibility index (Phi) is 3.92. The normalized spacial score (nSPS) is 29.6. The summed E-state index contributed by atoms with van der Waals surface area (Å²) in [7, 11) is 0. The van der Waals surface area contributed by atoms with Crippen LogP contribution >= 0.6 is 31.9 Å². The maximum atomic E-state index is 12.5. The van der Waals surface area contributed by atoms with Gasteiger partial charge in [-0.2, -0.15) is 0 Å². The molecular weight excluding hydrogens is 402 g/mol. The van der Waals surface area contributed by atoms with Crippen LogP contribution in [0, 0.1) is 23.7 Å². The number of rotatable bonds is 3. The molecular formula is C15H13Br2NO3. The summed E-state index contributed by atoms with van der Waals surface area (Å²) in [6.45, 7) is 0. The van der Waals surface area contributed by atoms with Crippen LogP contribution < -0.4 is 5.32 Å². The Labute approximate surface area is 138 Å². The van der Waals surface area contributed by atoms with Gasteiger partial charge in [0.1, 0.15) is 0 Å². The SMILES string of the molecule is O=C(O)[C@@H]1C2C=CC(C2)[C@@H]1C(=O)Nc1cc(Br)ccc1Br. The molecule has 3 rings (SSSR count). The Balaban J connectivity index is 1.83. The fourth-order valence-corrected chi connectivity index (χ4v) is 4.03. The minimum absolute atomic E-state index is 0.0193. The summed E-state index contributed by atoms with van der Waals surface area (Å²) in [6, 6.07) is 5.48. The molecule has 1 fully saturated rings. The number of hydrogen-bond acceptors (Lipinski definition) is 2. The summed E-state index contributed by atoms with van der Waals surface area (Å²) in [5, 5.41) is 12.2. The lowest BCUT2D eigenvalue weighted by Crippen LogP contribution is -2.36. The van der Waals surface area contributed by atoms with Crippen LogP contribution in [0.3, 0.4) is 0 Å². The number of carboxylic acid groups (broad SMARTS) is 1. The van der Waals surface area contributed by atoms with Gasteiger partial charge in [-0.15, -0.1) is 0 Å². The maximum Gasteiger partial charge on any atom is 0.307 e. The molecule has 1 aromatic rings. The molecule has 0 aliphatic heterocycles. The first kappa shape index (κ1) is 14.8. The molecule has 4 nitrogen and oxygen atoms in total. The highest BCUT2D eigenvalue weighted by Crippen LogP contribution is 2.48. The average Bonchev–Trinajstić information content (AvgIpc) is 3.03. The Morgan fingerprint density at radius 2 is 1.81 bits per heavy atom. The number of nitrogens with one attached hydrogen (secondary N) is 1. The monoisotopic (exact) mass is 413 g/mol. The van der Waals surface area contributed by atoms with Crippen LogP contribution in [0.5, 0.6) is 0 Å². The minimum atomic E-state index is -0.889. The van der Waals surface area contributed by atoms with Gasteiger partial charge >= 0.3 is 5.97 Å². The summed E-state index contributed by atoms with van der Waals surface area (Å²) in [5.74, 6) is -2.22. The second kappa shape index (κ2) is 5.57. The lowest BCUT2D eigenvalue weighted by molar-refractivity contribution is -0.146. The quantitative estimate of drug-likeness (QED) is 0.741.